The second kappa shape index (κ2) is 8.43. The summed E-state index contributed by atoms with van der Waals surface area (Å²) in [6, 6.07) is 0. The Morgan fingerprint density at radius 3 is 2.36 bits per heavy atom. The van der Waals surface area contributed by atoms with Gasteiger partial charge in [0, 0.05) is 18.3 Å². The number of hydrogen-bond acceptors (Lipinski definition) is 8. The standard InChI is InChI=1S/C27H38O9/c1-12(28)16-6-7-17-15-5-4-13-10-14(29)8-9-25(13,2)19(15)18(11-26(16,17)3)27(35)23(32)21(31)20(30)22(36-27)24(33)34/h10,15-23,30-32,35H,4-9,11H2,1-3H3,(H,33,34)/t15-,16-,17-,18+,19+,20+,21+,22+,23-,25+,26-,27?/m1/s1. The van der Waals surface area contributed by atoms with E-state index in [2.05, 4.69) is 13.8 Å². The minimum Gasteiger partial charge on any atom is -0.479 e. The maximum Gasteiger partial charge on any atom is 0.335 e. The number of aliphatic hydroxyl groups excluding tert-OH is 3. The van der Waals surface area contributed by atoms with E-state index in [1.54, 1.807) is 13.0 Å². The van der Waals surface area contributed by atoms with Gasteiger partial charge in [-0.15, -0.1) is 0 Å². The van der Waals surface area contributed by atoms with E-state index in [4.69, 9.17) is 4.74 Å². The van der Waals surface area contributed by atoms with Gasteiger partial charge < -0.3 is 30.3 Å². The fourth-order valence-electron chi connectivity index (χ4n) is 9.27. The highest BCUT2D eigenvalue weighted by Gasteiger charge is 2.69. The number of aliphatic carboxylic acids is 1. The molecule has 9 nitrogen and oxygen atoms in total. The van der Waals surface area contributed by atoms with Crippen molar-refractivity contribution in [3.05, 3.63) is 11.6 Å². The maximum absolute atomic E-state index is 12.7. The van der Waals surface area contributed by atoms with Crippen LogP contribution >= 0.6 is 0 Å². The van der Waals surface area contributed by atoms with Crippen LogP contribution in [-0.2, 0) is 19.1 Å². The smallest absolute Gasteiger partial charge is 0.335 e. The summed E-state index contributed by atoms with van der Waals surface area (Å²) in [5.74, 6) is -4.97. The lowest BCUT2D eigenvalue weighted by Crippen LogP contribution is -2.72. The van der Waals surface area contributed by atoms with Crippen LogP contribution in [0.25, 0.3) is 0 Å². The summed E-state index contributed by atoms with van der Waals surface area (Å²) < 4.78 is 5.68. The van der Waals surface area contributed by atoms with Gasteiger partial charge in [-0.05, 0) is 80.1 Å². The first-order valence-electron chi connectivity index (χ1n) is 13.2. The van der Waals surface area contributed by atoms with Crippen molar-refractivity contribution < 1.29 is 44.7 Å². The van der Waals surface area contributed by atoms with Crippen LogP contribution in [-0.4, -0.2) is 73.3 Å². The van der Waals surface area contributed by atoms with Crippen molar-refractivity contribution in [1.29, 1.82) is 0 Å². The Hall–Kier alpha value is -1.65. The summed E-state index contributed by atoms with van der Waals surface area (Å²) in [5.41, 5.74) is 0.00695. The van der Waals surface area contributed by atoms with Gasteiger partial charge in [0.25, 0.3) is 0 Å². The molecule has 4 fully saturated rings. The highest BCUT2D eigenvalue weighted by Crippen LogP contribution is 2.70. The molecule has 5 N–H and O–H groups in total. The maximum atomic E-state index is 12.7. The number of ether oxygens (including phenoxy) is 1. The van der Waals surface area contributed by atoms with Crippen LogP contribution in [0.2, 0.25) is 0 Å². The average molecular weight is 507 g/mol. The molecule has 1 heterocycles. The van der Waals surface area contributed by atoms with E-state index in [1.165, 1.54) is 0 Å². The minimum absolute atomic E-state index is 0.0561. The molecular formula is C27H38O9. The van der Waals surface area contributed by atoms with E-state index in [0.29, 0.717) is 19.3 Å². The van der Waals surface area contributed by atoms with Crippen LogP contribution in [0.15, 0.2) is 11.6 Å². The second-order valence-corrected chi connectivity index (χ2v) is 12.5. The third-order valence-electron chi connectivity index (χ3n) is 10.9. The Bertz CT molecular complexity index is 1010. The summed E-state index contributed by atoms with van der Waals surface area (Å²) in [6.45, 7) is 5.71. The number of Topliss-reactive ketones (excluding diaryl/α,β-unsaturated/α-hetero) is 1. The molecule has 5 aliphatic rings. The lowest BCUT2D eigenvalue weighted by Gasteiger charge is -2.64. The van der Waals surface area contributed by atoms with Crippen molar-refractivity contribution in [3.63, 3.8) is 0 Å². The fraction of sp³-hybridized carbons (Fsp3) is 0.815. The molecule has 1 aliphatic heterocycles. The lowest BCUT2D eigenvalue weighted by molar-refractivity contribution is -0.379. The van der Waals surface area contributed by atoms with Crippen LogP contribution in [0.3, 0.4) is 0 Å². The van der Waals surface area contributed by atoms with Gasteiger partial charge in [-0.3, -0.25) is 9.59 Å². The molecule has 0 spiro atoms. The van der Waals surface area contributed by atoms with Gasteiger partial charge >= 0.3 is 5.97 Å². The first kappa shape index (κ1) is 26.0. The number of hydrogen-bond donors (Lipinski definition) is 5. The Balaban J connectivity index is 1.66. The van der Waals surface area contributed by atoms with Crippen molar-refractivity contribution in [3.8, 4) is 0 Å². The number of fused-ring (bicyclic) bond motifs is 5. The van der Waals surface area contributed by atoms with Gasteiger partial charge in [0.15, 0.2) is 17.7 Å². The number of rotatable bonds is 3. The second-order valence-electron chi connectivity index (χ2n) is 12.5. The molecular weight excluding hydrogens is 468 g/mol. The molecule has 1 saturated heterocycles. The molecule has 0 aromatic rings. The first-order chi connectivity index (χ1) is 16.8. The molecule has 0 aromatic heterocycles. The van der Waals surface area contributed by atoms with E-state index in [-0.39, 0.29) is 35.2 Å². The predicted molar refractivity (Wildman–Crippen MR) is 125 cm³/mol. The minimum atomic E-state index is -2.46. The number of ketones is 2. The molecule has 0 amide bonds. The van der Waals surface area contributed by atoms with Crippen LogP contribution in [0.5, 0.6) is 0 Å². The van der Waals surface area contributed by atoms with Gasteiger partial charge in [0.05, 0.1) is 0 Å². The molecule has 5 rings (SSSR count). The fourth-order valence-corrected chi connectivity index (χ4v) is 9.27. The monoisotopic (exact) mass is 506 g/mol. The normalized spacial score (nSPS) is 52.6. The largest absolute Gasteiger partial charge is 0.479 e. The Morgan fingerprint density at radius 1 is 1.03 bits per heavy atom. The summed E-state index contributed by atoms with van der Waals surface area (Å²) >= 11 is 0. The summed E-state index contributed by atoms with van der Waals surface area (Å²) in [6.07, 6.45) is -1.73. The SMILES string of the molecule is CC(=O)[C@H]1CC[C@@H]2[C@H]3CCC4=CC(=O)CC[C@]4(C)[C@@H]3[C@@H](C3(O)O[C@H](C(=O)O)[C@@H](O)[C@H](O)[C@H]3O)C[C@]12C. The quantitative estimate of drug-likeness (QED) is 0.379. The average Bonchev–Trinajstić information content (AvgIpc) is 3.17. The zero-order valence-corrected chi connectivity index (χ0v) is 21.1. The van der Waals surface area contributed by atoms with Crippen molar-refractivity contribution in [2.75, 3.05) is 0 Å². The van der Waals surface area contributed by atoms with E-state index in [0.717, 1.165) is 31.3 Å². The van der Waals surface area contributed by atoms with Crippen molar-refractivity contribution >= 4 is 17.5 Å². The molecule has 1 unspecified atom stereocenters. The number of allylic oxidation sites excluding steroid dienone is 1. The van der Waals surface area contributed by atoms with Crippen molar-refractivity contribution in [2.45, 2.75) is 95.9 Å². The topological polar surface area (TPSA) is 162 Å². The third-order valence-corrected chi connectivity index (χ3v) is 10.9. The van der Waals surface area contributed by atoms with Crippen LogP contribution in [0, 0.1) is 40.4 Å². The molecule has 12 atom stereocenters. The van der Waals surface area contributed by atoms with E-state index >= 15 is 0 Å². The highest BCUT2D eigenvalue weighted by molar-refractivity contribution is 5.91. The summed E-state index contributed by atoms with van der Waals surface area (Å²) in [4.78, 5) is 36.9. The number of carboxylic acids is 1. The number of carbonyl (C=O) groups is 3. The number of carbonyl (C=O) groups excluding carboxylic acids is 2. The van der Waals surface area contributed by atoms with E-state index in [9.17, 15) is 39.9 Å². The van der Waals surface area contributed by atoms with Gasteiger partial charge in [0.1, 0.15) is 24.1 Å². The third kappa shape index (κ3) is 3.42. The number of aliphatic hydroxyl groups is 4. The molecule has 3 saturated carbocycles. The Morgan fingerprint density at radius 2 is 1.72 bits per heavy atom. The van der Waals surface area contributed by atoms with Crippen LogP contribution in [0.4, 0.5) is 0 Å². The first-order valence-corrected chi connectivity index (χ1v) is 13.2. The van der Waals surface area contributed by atoms with Crippen LogP contribution < -0.4 is 0 Å². The Labute approximate surface area is 210 Å². The summed E-state index contributed by atoms with van der Waals surface area (Å²) in [5, 5.41) is 53.8. The highest BCUT2D eigenvalue weighted by atomic mass is 16.7. The number of carboxylic acid groups (broad SMARTS) is 1. The Kier molecular flexibility index (Phi) is 6.08. The molecule has 4 aliphatic carbocycles. The molecule has 36 heavy (non-hydrogen) atoms. The molecule has 0 aromatic carbocycles. The predicted octanol–water partition coefficient (Wildman–Crippen LogP) is 1.20. The summed E-state index contributed by atoms with van der Waals surface area (Å²) in [7, 11) is 0. The molecule has 200 valence electrons. The molecule has 0 bridgehead atoms. The van der Waals surface area contributed by atoms with Crippen LogP contribution in [0.1, 0.15) is 65.7 Å². The van der Waals surface area contributed by atoms with E-state index in [1.807, 2.05) is 0 Å². The van der Waals surface area contributed by atoms with Gasteiger partial charge in [0.2, 0.25) is 0 Å². The van der Waals surface area contributed by atoms with Crippen molar-refractivity contribution in [2.24, 2.45) is 40.4 Å². The zero-order chi connectivity index (χ0) is 26.4. The molecule has 0 radical (unpaired) electrons. The zero-order valence-electron chi connectivity index (χ0n) is 21.1. The van der Waals surface area contributed by atoms with Gasteiger partial charge in [-0.1, -0.05) is 19.4 Å². The van der Waals surface area contributed by atoms with Crippen molar-refractivity contribution in [1.82, 2.24) is 0 Å². The molecule has 9 heteroatoms. The van der Waals surface area contributed by atoms with Gasteiger partial charge in [-0.2, -0.15) is 0 Å². The van der Waals surface area contributed by atoms with E-state index < -0.39 is 52.9 Å². The van der Waals surface area contributed by atoms with Gasteiger partial charge in [-0.25, -0.2) is 4.79 Å². The lowest BCUT2D eigenvalue weighted by atomic mass is 9.42.